The highest BCUT2D eigenvalue weighted by atomic mass is 19.1. The molecule has 0 saturated carbocycles. The number of fused-ring (bicyclic) bond motifs is 1. The minimum absolute atomic E-state index is 0.118. The zero-order valence-corrected chi connectivity index (χ0v) is 21.4. The summed E-state index contributed by atoms with van der Waals surface area (Å²) in [6.45, 7) is 0.820. The number of nitrogens with one attached hydrogen (secondary N) is 1. The summed E-state index contributed by atoms with van der Waals surface area (Å²) in [6.07, 6.45) is 7.25. The Bertz CT molecular complexity index is 1520. The van der Waals surface area contributed by atoms with Gasteiger partial charge >= 0.3 is 0 Å². The molecule has 0 aliphatic heterocycles. The minimum atomic E-state index is -0.388. The van der Waals surface area contributed by atoms with E-state index in [2.05, 4.69) is 9.88 Å². The number of aromatic nitrogens is 2. The number of hydrogen-bond donors (Lipinski definition) is 1. The van der Waals surface area contributed by atoms with Crippen molar-refractivity contribution in [1.29, 1.82) is 0 Å². The van der Waals surface area contributed by atoms with Crippen LogP contribution in [-0.4, -0.2) is 39.9 Å². The van der Waals surface area contributed by atoms with Crippen molar-refractivity contribution in [3.63, 3.8) is 0 Å². The molecule has 4 aromatic rings. The monoisotopic (exact) mass is 513 g/mol. The summed E-state index contributed by atoms with van der Waals surface area (Å²) < 4.78 is 17.5. The van der Waals surface area contributed by atoms with E-state index >= 15 is 0 Å². The van der Waals surface area contributed by atoms with Crippen LogP contribution in [0.2, 0.25) is 0 Å². The maximum Gasteiger partial charge on any atom is 0.274 e. The van der Waals surface area contributed by atoms with Crippen molar-refractivity contribution >= 4 is 28.4 Å². The van der Waals surface area contributed by atoms with E-state index in [9.17, 15) is 18.8 Å². The summed E-state index contributed by atoms with van der Waals surface area (Å²) in [7, 11) is 3.34. The van der Waals surface area contributed by atoms with Gasteiger partial charge in [0.15, 0.2) is 0 Å². The molecular formula is C30H30FN4O3. The fraction of sp³-hybridized carbons (Fsp3) is 0.200. The molecule has 195 valence electrons. The van der Waals surface area contributed by atoms with E-state index in [-0.39, 0.29) is 35.4 Å². The first-order chi connectivity index (χ1) is 18.3. The third-order valence-corrected chi connectivity index (χ3v) is 6.11. The normalized spacial score (nSPS) is 11.2. The van der Waals surface area contributed by atoms with E-state index < -0.39 is 0 Å². The lowest BCUT2D eigenvalue weighted by Gasteiger charge is -2.13. The first-order valence-electron chi connectivity index (χ1n) is 12.3. The molecule has 4 rings (SSSR count). The average Bonchev–Trinajstić information content (AvgIpc) is 3.22. The predicted octanol–water partition coefficient (Wildman–Crippen LogP) is 4.61. The number of allylic oxidation sites excluding steroid dienone is 1. The maximum absolute atomic E-state index is 13.9. The van der Waals surface area contributed by atoms with E-state index in [1.54, 1.807) is 44.6 Å². The molecule has 1 radical (unpaired) electrons. The summed E-state index contributed by atoms with van der Waals surface area (Å²) in [5.74, 6) is -0.827. The Balaban J connectivity index is 1.49. The fourth-order valence-electron chi connectivity index (χ4n) is 4.14. The van der Waals surface area contributed by atoms with Crippen LogP contribution >= 0.6 is 0 Å². The lowest BCUT2D eigenvalue weighted by atomic mass is 10.2. The molecule has 0 spiro atoms. The molecule has 38 heavy (non-hydrogen) atoms. The second-order valence-corrected chi connectivity index (χ2v) is 9.17. The van der Waals surface area contributed by atoms with Gasteiger partial charge in [0.2, 0.25) is 11.8 Å². The van der Waals surface area contributed by atoms with Crippen LogP contribution in [0.4, 0.5) is 10.1 Å². The third-order valence-electron chi connectivity index (χ3n) is 6.11. The molecule has 0 aliphatic carbocycles. The van der Waals surface area contributed by atoms with Gasteiger partial charge in [-0.25, -0.2) is 4.39 Å². The standard InChI is InChI=1S/C30H30FN4O3/c1-33(2)29(37)14-8-4-7-13-28(36)32-26-12-9-17-34(30(26)38)21-25-19-23-18-24(31)15-16-27(23)35(25)20-22-10-5-3-6-11-22/h3,5-6,8-19H,4,7,20-21H2,1-2H3,(H,32,36)/b14-8+. The van der Waals surface area contributed by atoms with Gasteiger partial charge in [-0.3, -0.25) is 14.4 Å². The van der Waals surface area contributed by atoms with E-state index in [1.165, 1.54) is 34.1 Å². The minimum Gasteiger partial charge on any atom is -0.345 e. The van der Waals surface area contributed by atoms with Gasteiger partial charge in [-0.05, 0) is 60.9 Å². The number of likely N-dealkylation sites (N-methyl/N-ethyl adjacent to an activating group) is 1. The second kappa shape index (κ2) is 12.2. The van der Waals surface area contributed by atoms with Crippen molar-refractivity contribution in [3.05, 3.63) is 119 Å². The SMILES string of the molecule is CN(C)C(=O)/C=C/CC[CH]C(=O)Nc1cccn(Cc2cc3cc(F)ccc3n2Cc2ccccc2)c1=O. The Morgan fingerprint density at radius 1 is 0.974 bits per heavy atom. The maximum atomic E-state index is 13.9. The smallest absolute Gasteiger partial charge is 0.274 e. The zero-order valence-electron chi connectivity index (χ0n) is 21.4. The number of pyridine rings is 1. The highest BCUT2D eigenvalue weighted by molar-refractivity contribution is 5.96. The summed E-state index contributed by atoms with van der Waals surface area (Å²) in [5.41, 5.74) is 2.63. The highest BCUT2D eigenvalue weighted by Crippen LogP contribution is 2.23. The van der Waals surface area contributed by atoms with Gasteiger partial charge in [0.05, 0.1) is 13.0 Å². The molecular weight excluding hydrogens is 483 g/mol. The summed E-state index contributed by atoms with van der Waals surface area (Å²) in [5, 5.41) is 3.41. The van der Waals surface area contributed by atoms with Crippen LogP contribution in [0.3, 0.4) is 0 Å². The van der Waals surface area contributed by atoms with Gasteiger partial charge in [0.25, 0.3) is 5.56 Å². The van der Waals surface area contributed by atoms with Crippen LogP contribution in [0, 0.1) is 12.2 Å². The van der Waals surface area contributed by atoms with Gasteiger partial charge in [-0.15, -0.1) is 0 Å². The Hall–Kier alpha value is -4.46. The Labute approximate surface area is 220 Å². The Morgan fingerprint density at radius 2 is 1.76 bits per heavy atom. The van der Waals surface area contributed by atoms with Crippen molar-refractivity contribution in [3.8, 4) is 0 Å². The molecule has 2 aromatic heterocycles. The average molecular weight is 514 g/mol. The largest absolute Gasteiger partial charge is 0.345 e. The van der Waals surface area contributed by atoms with Crippen molar-refractivity contribution in [2.24, 2.45) is 0 Å². The molecule has 2 amide bonds. The van der Waals surface area contributed by atoms with Crippen molar-refractivity contribution in [2.75, 3.05) is 19.4 Å². The topological polar surface area (TPSA) is 76.3 Å². The van der Waals surface area contributed by atoms with Gasteiger partial charge in [-0.1, -0.05) is 36.4 Å². The summed E-state index contributed by atoms with van der Waals surface area (Å²) in [6, 6.07) is 19.8. The molecule has 0 bridgehead atoms. The number of carbonyl (C=O) groups excluding carboxylic acids is 2. The number of unbranched alkanes of at least 4 members (excludes halogenated alkanes) is 1. The number of hydrogen-bond acceptors (Lipinski definition) is 3. The quantitative estimate of drug-likeness (QED) is 0.249. The van der Waals surface area contributed by atoms with E-state index in [0.717, 1.165) is 22.2 Å². The van der Waals surface area contributed by atoms with Crippen LogP contribution in [-0.2, 0) is 22.7 Å². The molecule has 2 heterocycles. The number of nitrogens with zero attached hydrogens (tertiary/aromatic N) is 3. The third kappa shape index (κ3) is 6.64. The first-order valence-corrected chi connectivity index (χ1v) is 12.3. The number of anilines is 1. The number of rotatable bonds is 10. The second-order valence-electron chi connectivity index (χ2n) is 9.17. The Morgan fingerprint density at radius 3 is 2.53 bits per heavy atom. The van der Waals surface area contributed by atoms with Crippen LogP contribution in [0.25, 0.3) is 10.9 Å². The summed E-state index contributed by atoms with van der Waals surface area (Å²) >= 11 is 0. The Kier molecular flexibility index (Phi) is 8.53. The van der Waals surface area contributed by atoms with E-state index in [0.29, 0.717) is 19.4 Å². The molecule has 0 fully saturated rings. The van der Waals surface area contributed by atoms with Crippen LogP contribution < -0.4 is 10.9 Å². The van der Waals surface area contributed by atoms with Crippen molar-refractivity contribution < 1.29 is 14.0 Å². The van der Waals surface area contributed by atoms with Crippen LogP contribution in [0.1, 0.15) is 24.1 Å². The van der Waals surface area contributed by atoms with Gasteiger partial charge in [-0.2, -0.15) is 0 Å². The number of halogens is 1. The molecule has 0 aliphatic rings. The van der Waals surface area contributed by atoms with E-state index in [4.69, 9.17) is 0 Å². The van der Waals surface area contributed by atoms with E-state index in [1.807, 2.05) is 36.4 Å². The van der Waals surface area contributed by atoms with Crippen LogP contribution in [0.5, 0.6) is 0 Å². The number of benzene rings is 2. The van der Waals surface area contributed by atoms with Crippen LogP contribution in [0.15, 0.2) is 89.9 Å². The number of amides is 2. The molecule has 0 saturated heterocycles. The molecule has 7 nitrogen and oxygen atoms in total. The molecule has 0 atom stereocenters. The fourth-order valence-corrected chi connectivity index (χ4v) is 4.14. The van der Waals surface area contributed by atoms with Crippen molar-refractivity contribution in [2.45, 2.75) is 25.9 Å². The van der Waals surface area contributed by atoms with Gasteiger partial charge in [0.1, 0.15) is 11.5 Å². The lowest BCUT2D eigenvalue weighted by molar-refractivity contribution is -0.123. The lowest BCUT2D eigenvalue weighted by Crippen LogP contribution is -2.26. The molecule has 0 unspecified atom stereocenters. The zero-order chi connectivity index (χ0) is 27.1. The highest BCUT2D eigenvalue weighted by Gasteiger charge is 2.13. The summed E-state index contributed by atoms with van der Waals surface area (Å²) in [4.78, 5) is 38.6. The molecule has 1 N–H and O–H groups in total. The molecule has 2 aromatic carbocycles. The van der Waals surface area contributed by atoms with Gasteiger partial charge < -0.3 is 19.4 Å². The van der Waals surface area contributed by atoms with Gasteiger partial charge in [0, 0.05) is 43.4 Å². The predicted molar refractivity (Wildman–Crippen MR) is 147 cm³/mol. The van der Waals surface area contributed by atoms with Crippen molar-refractivity contribution in [1.82, 2.24) is 14.0 Å². The first kappa shape index (κ1) is 26.6. The molecule has 8 heteroatoms. The number of carbonyl (C=O) groups is 2.